The normalized spacial score (nSPS) is 15.8. The molecule has 0 saturated heterocycles. The lowest BCUT2D eigenvalue weighted by atomic mass is 9.96. The predicted molar refractivity (Wildman–Crippen MR) is 111 cm³/mol. The molecule has 0 spiro atoms. The van der Waals surface area contributed by atoms with E-state index in [2.05, 4.69) is 10.1 Å². The zero-order valence-corrected chi connectivity index (χ0v) is 17.2. The molecule has 2 aromatic carbocycles. The number of carbonyl (C=O) groups is 1. The quantitative estimate of drug-likeness (QED) is 0.515. The molecule has 5 rings (SSSR count). The van der Waals surface area contributed by atoms with Crippen LogP contribution in [0.2, 0.25) is 0 Å². The fourth-order valence-corrected chi connectivity index (χ4v) is 4.22. The summed E-state index contributed by atoms with van der Waals surface area (Å²) < 4.78 is 49.8. The highest BCUT2D eigenvalue weighted by molar-refractivity contribution is 6.10. The van der Waals surface area contributed by atoms with Gasteiger partial charge in [0.15, 0.2) is 11.6 Å². The van der Waals surface area contributed by atoms with Gasteiger partial charge in [0, 0.05) is 31.1 Å². The molecule has 1 atom stereocenters. The van der Waals surface area contributed by atoms with Crippen molar-refractivity contribution in [3.63, 3.8) is 0 Å². The number of aryl methyl sites for hydroxylation is 1. The zero-order chi connectivity index (χ0) is 22.7. The Balaban J connectivity index is 1.61. The van der Waals surface area contributed by atoms with Gasteiger partial charge in [0.2, 0.25) is 0 Å². The predicted octanol–water partition coefficient (Wildman–Crippen LogP) is 3.46. The number of ether oxygens (including phenoxy) is 1. The highest BCUT2D eigenvalue weighted by Gasteiger charge is 2.32. The number of hydrogen-bond acceptors (Lipinski definition) is 5. The number of halogens is 3. The Morgan fingerprint density at radius 1 is 1.22 bits per heavy atom. The van der Waals surface area contributed by atoms with Crippen molar-refractivity contribution >= 4 is 33.5 Å². The van der Waals surface area contributed by atoms with E-state index < -0.39 is 29.4 Å². The summed E-state index contributed by atoms with van der Waals surface area (Å²) in [6.45, 7) is -0.0348. The van der Waals surface area contributed by atoms with Gasteiger partial charge in [-0.25, -0.2) is 18.2 Å². The highest BCUT2D eigenvalue weighted by atomic mass is 19.2. The van der Waals surface area contributed by atoms with Crippen LogP contribution in [0.15, 0.2) is 30.5 Å². The van der Waals surface area contributed by atoms with Gasteiger partial charge in [0.25, 0.3) is 5.91 Å². The topological polar surface area (TPSA) is 86.3 Å². The van der Waals surface area contributed by atoms with E-state index in [-0.39, 0.29) is 30.2 Å². The molecule has 0 saturated carbocycles. The molecule has 0 aliphatic carbocycles. The number of pyridine rings is 1. The largest absolute Gasteiger partial charge is 0.383 e. The molecule has 0 unspecified atom stereocenters. The molecule has 32 heavy (non-hydrogen) atoms. The first kappa shape index (κ1) is 20.3. The minimum Gasteiger partial charge on any atom is -0.383 e. The van der Waals surface area contributed by atoms with Crippen LogP contribution in [0.3, 0.4) is 0 Å². The first-order valence-corrected chi connectivity index (χ1v) is 9.80. The maximum atomic E-state index is 15.0. The molecule has 7 nitrogen and oxygen atoms in total. The van der Waals surface area contributed by atoms with E-state index in [0.717, 1.165) is 12.1 Å². The van der Waals surface area contributed by atoms with Gasteiger partial charge >= 0.3 is 0 Å². The van der Waals surface area contributed by atoms with E-state index in [1.165, 1.54) is 24.1 Å². The molecule has 0 fully saturated rings. The number of amides is 1. The SMILES string of the molecule is CN(C(=O)c1cc2c(cc1F)nc(N)c1cnn(C)c12)[C@@H]1COCc2c1ccc(F)c2F. The monoisotopic (exact) mass is 441 g/mol. The number of fused-ring (bicyclic) bond motifs is 4. The molecular formula is C22H18F3N5O2. The molecule has 3 heterocycles. The van der Waals surface area contributed by atoms with Crippen molar-refractivity contribution in [2.24, 2.45) is 7.05 Å². The minimum atomic E-state index is -1.01. The van der Waals surface area contributed by atoms with Gasteiger partial charge in [0.1, 0.15) is 11.6 Å². The van der Waals surface area contributed by atoms with Crippen molar-refractivity contribution in [1.29, 1.82) is 0 Å². The van der Waals surface area contributed by atoms with Crippen LogP contribution < -0.4 is 5.73 Å². The van der Waals surface area contributed by atoms with E-state index in [0.29, 0.717) is 27.4 Å². The minimum absolute atomic E-state index is 0.0520. The molecule has 0 radical (unpaired) electrons. The van der Waals surface area contributed by atoms with Crippen molar-refractivity contribution in [2.45, 2.75) is 12.6 Å². The van der Waals surface area contributed by atoms with Gasteiger partial charge in [-0.05, 0) is 17.7 Å². The number of nitrogens with zero attached hydrogens (tertiary/aromatic N) is 4. The lowest BCUT2D eigenvalue weighted by Gasteiger charge is -2.33. The van der Waals surface area contributed by atoms with Crippen LogP contribution in [-0.4, -0.2) is 39.2 Å². The van der Waals surface area contributed by atoms with Crippen LogP contribution in [0.25, 0.3) is 21.8 Å². The summed E-state index contributed by atoms with van der Waals surface area (Å²) in [7, 11) is 3.18. The number of nitrogens with two attached hydrogens (primary N) is 1. The van der Waals surface area contributed by atoms with Crippen molar-refractivity contribution < 1.29 is 22.7 Å². The summed E-state index contributed by atoms with van der Waals surface area (Å²) in [5.41, 5.74) is 7.16. The molecular weight excluding hydrogens is 423 g/mol. The fourth-order valence-electron chi connectivity index (χ4n) is 4.22. The van der Waals surface area contributed by atoms with Crippen molar-refractivity contribution in [1.82, 2.24) is 19.7 Å². The van der Waals surface area contributed by atoms with Crippen LogP contribution in [0, 0.1) is 17.5 Å². The third kappa shape index (κ3) is 2.90. The number of benzene rings is 2. The molecule has 0 bridgehead atoms. The highest BCUT2D eigenvalue weighted by Crippen LogP contribution is 2.34. The van der Waals surface area contributed by atoms with E-state index in [9.17, 15) is 18.0 Å². The average molecular weight is 441 g/mol. The maximum Gasteiger partial charge on any atom is 0.257 e. The number of carbonyl (C=O) groups excluding carboxylic acids is 1. The smallest absolute Gasteiger partial charge is 0.257 e. The summed E-state index contributed by atoms with van der Waals surface area (Å²) in [6, 6.07) is 4.29. The van der Waals surface area contributed by atoms with Gasteiger partial charge in [-0.15, -0.1) is 0 Å². The summed E-state index contributed by atoms with van der Waals surface area (Å²) in [5.74, 6) is -3.20. The second-order valence-electron chi connectivity index (χ2n) is 7.75. The van der Waals surface area contributed by atoms with Crippen LogP contribution in [0.5, 0.6) is 0 Å². The van der Waals surface area contributed by atoms with Crippen molar-refractivity contribution in [3.8, 4) is 0 Å². The molecule has 10 heteroatoms. The van der Waals surface area contributed by atoms with E-state index in [4.69, 9.17) is 10.5 Å². The molecule has 1 amide bonds. The zero-order valence-electron chi connectivity index (χ0n) is 17.2. The van der Waals surface area contributed by atoms with E-state index >= 15 is 0 Å². The molecule has 164 valence electrons. The second-order valence-corrected chi connectivity index (χ2v) is 7.75. The molecule has 1 aliphatic heterocycles. The van der Waals surface area contributed by atoms with Crippen LogP contribution >= 0.6 is 0 Å². The van der Waals surface area contributed by atoms with Gasteiger partial charge in [-0.3, -0.25) is 9.48 Å². The van der Waals surface area contributed by atoms with Gasteiger partial charge in [0.05, 0.1) is 47.4 Å². The number of aromatic nitrogens is 3. The number of nitrogen functional groups attached to an aromatic ring is 1. The molecule has 2 aromatic heterocycles. The van der Waals surface area contributed by atoms with Crippen LogP contribution in [-0.2, 0) is 18.4 Å². The van der Waals surface area contributed by atoms with Gasteiger partial charge in [-0.1, -0.05) is 6.07 Å². The van der Waals surface area contributed by atoms with E-state index in [1.54, 1.807) is 17.9 Å². The summed E-state index contributed by atoms with van der Waals surface area (Å²) in [6.07, 6.45) is 1.55. The van der Waals surface area contributed by atoms with E-state index in [1.807, 2.05) is 0 Å². The Bertz CT molecular complexity index is 1420. The summed E-state index contributed by atoms with van der Waals surface area (Å²) >= 11 is 0. The third-order valence-electron chi connectivity index (χ3n) is 5.93. The van der Waals surface area contributed by atoms with Crippen molar-refractivity contribution in [3.05, 3.63) is 64.6 Å². The lowest BCUT2D eigenvalue weighted by molar-refractivity contribution is 0.0327. The lowest BCUT2D eigenvalue weighted by Crippen LogP contribution is -2.37. The Kier molecular flexibility index (Phi) is 4.55. The average Bonchev–Trinajstić information content (AvgIpc) is 3.17. The Morgan fingerprint density at radius 3 is 2.78 bits per heavy atom. The number of likely N-dealkylation sites (N-methyl/N-ethyl adjacent to an activating group) is 1. The van der Waals surface area contributed by atoms with Crippen molar-refractivity contribution in [2.75, 3.05) is 19.4 Å². The van der Waals surface area contributed by atoms with Crippen LogP contribution in [0.4, 0.5) is 19.0 Å². The van der Waals surface area contributed by atoms with Gasteiger partial charge in [-0.2, -0.15) is 5.10 Å². The van der Waals surface area contributed by atoms with Crippen LogP contribution in [0.1, 0.15) is 27.5 Å². The second kappa shape index (κ2) is 7.20. The Hall–Kier alpha value is -3.66. The Morgan fingerprint density at radius 2 is 2.00 bits per heavy atom. The summed E-state index contributed by atoms with van der Waals surface area (Å²) in [4.78, 5) is 18.8. The third-order valence-corrected chi connectivity index (χ3v) is 5.93. The molecule has 2 N–H and O–H groups in total. The first-order valence-electron chi connectivity index (χ1n) is 9.80. The molecule has 4 aromatic rings. The standard InChI is InChI=1S/C22H18F3N5O2/c1-29(18-9-32-8-14-10(18)3-4-15(23)19(14)25)22(31)11-5-12-17(6-16(11)24)28-21(26)13-7-27-30(2)20(12)13/h3-7,18H,8-9H2,1-2H3,(H2,26,28)/t18-/m1/s1. The fraction of sp³-hybridized carbons (Fsp3) is 0.227. The number of rotatable bonds is 2. The number of hydrogen-bond donors (Lipinski definition) is 1. The number of anilines is 1. The van der Waals surface area contributed by atoms with Gasteiger partial charge < -0.3 is 15.4 Å². The maximum absolute atomic E-state index is 15.0. The Labute approximate surface area is 180 Å². The summed E-state index contributed by atoms with van der Waals surface area (Å²) in [5, 5.41) is 5.28. The molecule has 1 aliphatic rings. The first-order chi connectivity index (χ1) is 15.3.